The van der Waals surface area contributed by atoms with Crippen LogP contribution in [-0.4, -0.2) is 0 Å². The van der Waals surface area contributed by atoms with Crippen LogP contribution in [0.2, 0.25) is 0 Å². The van der Waals surface area contributed by atoms with E-state index in [2.05, 4.69) is 17.8 Å². The van der Waals surface area contributed by atoms with Crippen LogP contribution in [0.5, 0.6) is 0 Å². The van der Waals surface area contributed by atoms with Gasteiger partial charge in [0.05, 0.1) is 0 Å². The summed E-state index contributed by atoms with van der Waals surface area (Å²) in [5.74, 6) is 0. The lowest BCUT2D eigenvalue weighted by Crippen LogP contribution is -1.59. The largest absolute Gasteiger partial charge is 0.275 e. The monoisotopic (exact) mass is 215 g/mol. The quantitative estimate of drug-likeness (QED) is 0.555. The van der Waals surface area contributed by atoms with E-state index in [-0.39, 0.29) is 0 Å². The van der Waals surface area contributed by atoms with Crippen LogP contribution in [0.15, 0.2) is 0 Å². The lowest BCUT2D eigenvalue weighted by atomic mass is 10.3. The van der Waals surface area contributed by atoms with E-state index >= 15 is 0 Å². The maximum Gasteiger partial charge on any atom is 0.0137 e. The molecule has 7 heavy (non-hydrogen) atoms. The van der Waals surface area contributed by atoms with E-state index in [1.54, 1.807) is 22.9 Å². The van der Waals surface area contributed by atoms with E-state index in [1.807, 2.05) is 0 Å². The van der Waals surface area contributed by atoms with Crippen LogP contribution in [0.1, 0.15) is 33.1 Å². The van der Waals surface area contributed by atoms with Crippen molar-refractivity contribution in [3.63, 3.8) is 0 Å². The van der Waals surface area contributed by atoms with Crippen molar-refractivity contribution in [3.8, 4) is 0 Å². The molecule has 0 aromatic carbocycles. The summed E-state index contributed by atoms with van der Waals surface area (Å²) in [5.41, 5.74) is 0. The molecular formula is C5H14IN. The van der Waals surface area contributed by atoms with Gasteiger partial charge in [0.2, 0.25) is 0 Å². The second kappa shape index (κ2) is 15.9. The van der Waals surface area contributed by atoms with Gasteiger partial charge in [-0.2, -0.15) is 0 Å². The van der Waals surface area contributed by atoms with Crippen molar-refractivity contribution in [2.24, 2.45) is 3.95 Å². The number of rotatable bonds is 2. The van der Waals surface area contributed by atoms with Crippen LogP contribution in [0, 0.1) is 0 Å². The molecule has 0 aliphatic rings. The van der Waals surface area contributed by atoms with Crippen molar-refractivity contribution in [2.45, 2.75) is 33.1 Å². The normalized spacial score (nSPS) is 6.86. The molecule has 0 amide bonds. The topological polar surface area (TPSA) is 26.0 Å². The third-order valence-electron chi connectivity index (χ3n) is 0.707. The Morgan fingerprint density at radius 1 is 1.14 bits per heavy atom. The summed E-state index contributed by atoms with van der Waals surface area (Å²) in [4.78, 5) is 0. The molecule has 2 heteroatoms. The lowest BCUT2D eigenvalue weighted by molar-refractivity contribution is 0.772. The minimum atomic E-state index is 1.34. The Morgan fingerprint density at radius 2 is 1.43 bits per heavy atom. The molecule has 0 fully saturated rings. The highest BCUT2D eigenvalue weighted by Gasteiger charge is 1.68. The molecule has 2 N–H and O–H groups in total. The van der Waals surface area contributed by atoms with Crippen LogP contribution < -0.4 is 3.95 Å². The van der Waals surface area contributed by atoms with Gasteiger partial charge in [-0.15, -0.1) is 0 Å². The van der Waals surface area contributed by atoms with E-state index in [9.17, 15) is 0 Å². The van der Waals surface area contributed by atoms with Gasteiger partial charge in [0.25, 0.3) is 0 Å². The number of hydrogen-bond donors (Lipinski definition) is 1. The molecule has 0 saturated heterocycles. The summed E-state index contributed by atoms with van der Waals surface area (Å²) in [6, 6.07) is 0. The highest BCUT2D eigenvalue weighted by Crippen LogP contribution is 1.88. The van der Waals surface area contributed by atoms with Gasteiger partial charge in [0.1, 0.15) is 0 Å². The summed E-state index contributed by atoms with van der Waals surface area (Å²) < 4.78 is 4.47. The van der Waals surface area contributed by atoms with Crippen molar-refractivity contribution in [3.05, 3.63) is 0 Å². The summed E-state index contributed by atoms with van der Waals surface area (Å²) in [5, 5.41) is 0. The van der Waals surface area contributed by atoms with Crippen LogP contribution >= 0.6 is 22.9 Å². The van der Waals surface area contributed by atoms with Gasteiger partial charge in [0, 0.05) is 22.9 Å². The molecule has 0 heterocycles. The van der Waals surface area contributed by atoms with Crippen LogP contribution in [0.4, 0.5) is 0 Å². The fourth-order valence-electron chi connectivity index (χ4n) is 0.354. The van der Waals surface area contributed by atoms with Crippen molar-refractivity contribution in [2.75, 3.05) is 0 Å². The second-order valence-corrected chi connectivity index (χ2v) is 1.35. The first-order valence-electron chi connectivity index (χ1n) is 2.63. The summed E-state index contributed by atoms with van der Waals surface area (Å²) >= 11 is 1.65. The molecule has 0 saturated carbocycles. The maximum absolute atomic E-state index is 4.47. The first kappa shape index (κ1) is 10.6. The smallest absolute Gasteiger partial charge is 0.0137 e. The van der Waals surface area contributed by atoms with E-state index in [1.165, 1.54) is 19.3 Å². The molecule has 0 aromatic heterocycles. The van der Waals surface area contributed by atoms with Crippen LogP contribution in [0.3, 0.4) is 0 Å². The van der Waals surface area contributed by atoms with E-state index in [0.717, 1.165) is 0 Å². The Balaban J connectivity index is 0. The maximum atomic E-state index is 4.47. The molecule has 1 nitrogen and oxygen atoms in total. The summed E-state index contributed by atoms with van der Waals surface area (Å²) in [7, 11) is 0. The van der Waals surface area contributed by atoms with E-state index in [4.69, 9.17) is 0 Å². The lowest BCUT2D eigenvalue weighted by Gasteiger charge is -1.79. The Hall–Kier alpha value is 0.690. The number of unbranched alkanes of at least 4 members (excludes halogenated alkanes) is 2. The Kier molecular flexibility index (Phi) is 24.2. The zero-order valence-electron chi connectivity index (χ0n) is 5.08. The molecule has 0 radical (unpaired) electrons. The first-order chi connectivity index (χ1) is 3.41. The van der Waals surface area contributed by atoms with Gasteiger partial charge in [0.15, 0.2) is 0 Å². The van der Waals surface area contributed by atoms with Gasteiger partial charge in [-0.1, -0.05) is 33.1 Å². The predicted octanol–water partition coefficient (Wildman–Crippen LogP) is 2.49. The summed E-state index contributed by atoms with van der Waals surface area (Å²) in [6.45, 7) is 4.42. The van der Waals surface area contributed by atoms with Gasteiger partial charge in [-0.05, 0) is 0 Å². The van der Waals surface area contributed by atoms with E-state index in [0.29, 0.717) is 0 Å². The first-order valence-corrected chi connectivity index (χ1v) is 3.88. The van der Waals surface area contributed by atoms with Crippen molar-refractivity contribution < 1.29 is 0 Å². The van der Waals surface area contributed by atoms with Crippen LogP contribution in [0.25, 0.3) is 0 Å². The zero-order chi connectivity index (χ0) is 6.12. The fourth-order valence-corrected chi connectivity index (χ4v) is 0.354. The number of hydrogen-bond acceptors (Lipinski definition) is 1. The van der Waals surface area contributed by atoms with Gasteiger partial charge >= 0.3 is 0 Å². The molecular weight excluding hydrogens is 201 g/mol. The molecule has 0 bridgehead atoms. The minimum Gasteiger partial charge on any atom is -0.275 e. The number of halogens is 1. The molecule has 0 rings (SSSR count). The molecule has 0 aliphatic carbocycles. The van der Waals surface area contributed by atoms with Crippen molar-refractivity contribution >= 4 is 22.9 Å². The van der Waals surface area contributed by atoms with Crippen LogP contribution in [-0.2, 0) is 0 Å². The van der Waals surface area contributed by atoms with Gasteiger partial charge in [-0.25, -0.2) is 0 Å². The SMILES string of the molecule is CCCCC.NI. The standard InChI is InChI=1S/C5H12.H2IN/c1-3-5-4-2;1-2/h3-5H2,1-2H3;2H2. The third kappa shape index (κ3) is 20.3. The number of nitrogens with two attached hydrogens (primary N) is 1. The minimum absolute atomic E-state index is 1.34. The third-order valence-corrected chi connectivity index (χ3v) is 0.707. The Morgan fingerprint density at radius 3 is 1.43 bits per heavy atom. The van der Waals surface area contributed by atoms with E-state index < -0.39 is 0 Å². The molecule has 46 valence electrons. The molecule has 0 atom stereocenters. The highest BCUT2D eigenvalue weighted by molar-refractivity contribution is 14.1. The molecule has 0 aliphatic heterocycles. The second-order valence-electron chi connectivity index (χ2n) is 1.35. The fraction of sp³-hybridized carbons (Fsp3) is 1.00. The van der Waals surface area contributed by atoms with Crippen molar-refractivity contribution in [1.29, 1.82) is 0 Å². The molecule has 0 unspecified atom stereocenters. The van der Waals surface area contributed by atoms with Gasteiger partial charge < -0.3 is 0 Å². The molecule has 0 spiro atoms. The van der Waals surface area contributed by atoms with Gasteiger partial charge in [-0.3, -0.25) is 3.95 Å². The molecule has 0 aromatic rings. The zero-order valence-corrected chi connectivity index (χ0v) is 7.23. The highest BCUT2D eigenvalue weighted by atomic mass is 127. The predicted molar refractivity (Wildman–Crippen MR) is 43.4 cm³/mol. The Labute approximate surface area is 60.2 Å². The van der Waals surface area contributed by atoms with Crippen molar-refractivity contribution in [1.82, 2.24) is 0 Å². The average molecular weight is 215 g/mol. The Bertz CT molecular complexity index is 15.6. The average Bonchev–Trinajstić information content (AvgIpc) is 1.75. The summed E-state index contributed by atoms with van der Waals surface area (Å²) in [6.07, 6.45) is 4.08.